The van der Waals surface area contributed by atoms with E-state index >= 15 is 0 Å². The summed E-state index contributed by atoms with van der Waals surface area (Å²) >= 11 is 11.1. The molecule has 1 aliphatic rings. The molecule has 130 valence electrons. The number of hydrogen-bond acceptors (Lipinski definition) is 4. The molecule has 0 bridgehead atoms. The average molecular weight is 369 g/mol. The Kier molecular flexibility index (Phi) is 6.99. The lowest BCUT2D eigenvalue weighted by molar-refractivity contribution is -0.149. The molecule has 2 rings (SSSR count). The molecule has 1 aliphatic heterocycles. The average Bonchev–Trinajstić information content (AvgIpc) is 2.57. The van der Waals surface area contributed by atoms with Crippen molar-refractivity contribution in [2.75, 3.05) is 19.7 Å². The van der Waals surface area contributed by atoms with E-state index in [9.17, 15) is 9.59 Å². The highest BCUT2D eigenvalue weighted by Crippen LogP contribution is 2.18. The summed E-state index contributed by atoms with van der Waals surface area (Å²) < 4.78 is 5.05. The van der Waals surface area contributed by atoms with E-state index in [-0.39, 0.29) is 24.2 Å². The first kappa shape index (κ1) is 18.7. The predicted molar refractivity (Wildman–Crippen MR) is 96.8 cm³/mol. The van der Waals surface area contributed by atoms with Gasteiger partial charge in [-0.1, -0.05) is 23.7 Å². The van der Waals surface area contributed by atoms with Crippen LogP contribution in [0.2, 0.25) is 5.02 Å². The van der Waals surface area contributed by atoms with Crippen molar-refractivity contribution in [3.63, 3.8) is 0 Å². The van der Waals surface area contributed by atoms with E-state index in [1.54, 1.807) is 19.1 Å². The Labute approximate surface area is 152 Å². The van der Waals surface area contributed by atoms with Gasteiger partial charge in [-0.25, -0.2) is 0 Å². The van der Waals surface area contributed by atoms with Crippen molar-refractivity contribution in [3.05, 3.63) is 34.9 Å². The van der Waals surface area contributed by atoms with Gasteiger partial charge in [0.05, 0.1) is 18.9 Å². The van der Waals surface area contributed by atoms with E-state index in [0.717, 1.165) is 5.56 Å². The number of benzene rings is 1. The van der Waals surface area contributed by atoms with Crippen LogP contribution in [-0.2, 0) is 20.7 Å². The van der Waals surface area contributed by atoms with Crippen LogP contribution in [0, 0.1) is 5.92 Å². The molecule has 7 heteroatoms. The summed E-state index contributed by atoms with van der Waals surface area (Å²) in [4.78, 5) is 25.7. The molecule has 0 radical (unpaired) electrons. The first-order valence-electron chi connectivity index (χ1n) is 7.99. The van der Waals surface area contributed by atoms with Crippen molar-refractivity contribution in [3.8, 4) is 0 Å². The third-order valence-electron chi connectivity index (χ3n) is 3.93. The van der Waals surface area contributed by atoms with Gasteiger partial charge in [-0.15, -0.1) is 0 Å². The number of nitrogens with one attached hydrogen (secondary N) is 1. The Bertz CT molecular complexity index is 598. The summed E-state index contributed by atoms with van der Waals surface area (Å²) in [6.07, 6.45) is 1.62. The third-order valence-corrected chi connectivity index (χ3v) is 4.54. The van der Waals surface area contributed by atoms with Gasteiger partial charge in [0.1, 0.15) is 0 Å². The smallest absolute Gasteiger partial charge is 0.309 e. The van der Waals surface area contributed by atoms with Gasteiger partial charge in [-0.3, -0.25) is 9.59 Å². The molecular weight excluding hydrogens is 348 g/mol. The van der Waals surface area contributed by atoms with E-state index < -0.39 is 0 Å². The van der Waals surface area contributed by atoms with E-state index in [4.69, 9.17) is 28.6 Å². The summed E-state index contributed by atoms with van der Waals surface area (Å²) in [5.41, 5.74) is 0.876. The molecule has 1 saturated heterocycles. The molecule has 0 aromatic heterocycles. The van der Waals surface area contributed by atoms with Crippen LogP contribution < -0.4 is 5.32 Å². The molecule has 1 aromatic carbocycles. The highest BCUT2D eigenvalue weighted by atomic mass is 35.5. The molecule has 1 amide bonds. The van der Waals surface area contributed by atoms with Gasteiger partial charge in [0.15, 0.2) is 5.11 Å². The number of nitrogens with zero attached hydrogens (tertiary/aromatic N) is 1. The normalized spacial score (nSPS) is 15.0. The number of thiocarbonyl (C=S) groups is 1. The Morgan fingerprint density at radius 2 is 1.92 bits per heavy atom. The van der Waals surface area contributed by atoms with E-state index in [0.29, 0.717) is 42.7 Å². The van der Waals surface area contributed by atoms with Gasteiger partial charge >= 0.3 is 5.97 Å². The lowest BCUT2D eigenvalue weighted by Crippen LogP contribution is -2.47. The van der Waals surface area contributed by atoms with Crippen LogP contribution in [0.3, 0.4) is 0 Å². The molecule has 0 spiro atoms. The summed E-state index contributed by atoms with van der Waals surface area (Å²) in [5, 5.41) is 3.80. The maximum Gasteiger partial charge on any atom is 0.309 e. The lowest BCUT2D eigenvalue weighted by Gasteiger charge is -2.32. The van der Waals surface area contributed by atoms with Gasteiger partial charge in [0.25, 0.3) is 0 Å². The number of hydrogen-bond donors (Lipinski definition) is 1. The number of amides is 1. The van der Waals surface area contributed by atoms with Crippen molar-refractivity contribution in [2.45, 2.75) is 26.2 Å². The number of carbonyl (C=O) groups is 2. The molecule has 1 N–H and O–H groups in total. The number of ether oxygens (including phenoxy) is 1. The Balaban J connectivity index is 1.77. The second-order valence-corrected chi connectivity index (χ2v) is 6.49. The number of carbonyl (C=O) groups excluding carboxylic acids is 2. The quantitative estimate of drug-likeness (QED) is 0.653. The van der Waals surface area contributed by atoms with Gasteiger partial charge in [0.2, 0.25) is 5.91 Å². The monoisotopic (exact) mass is 368 g/mol. The zero-order valence-electron chi connectivity index (χ0n) is 13.6. The second-order valence-electron chi connectivity index (χ2n) is 5.67. The van der Waals surface area contributed by atoms with Crippen LogP contribution in [0.1, 0.15) is 25.3 Å². The zero-order valence-corrected chi connectivity index (χ0v) is 15.2. The fraction of sp³-hybridized carbons (Fsp3) is 0.471. The summed E-state index contributed by atoms with van der Waals surface area (Å²) in [7, 11) is 0. The zero-order chi connectivity index (χ0) is 17.5. The Hall–Kier alpha value is -1.66. The molecule has 24 heavy (non-hydrogen) atoms. The summed E-state index contributed by atoms with van der Waals surface area (Å²) in [6, 6.07) is 7.14. The number of esters is 1. The molecule has 5 nitrogen and oxygen atoms in total. The molecule has 0 atom stereocenters. The van der Waals surface area contributed by atoms with Crippen molar-refractivity contribution >= 4 is 40.8 Å². The van der Waals surface area contributed by atoms with Gasteiger partial charge in [-0.2, -0.15) is 0 Å². The summed E-state index contributed by atoms with van der Waals surface area (Å²) in [6.45, 7) is 3.49. The van der Waals surface area contributed by atoms with Crippen LogP contribution in [0.25, 0.3) is 0 Å². The molecule has 0 aliphatic carbocycles. The predicted octanol–water partition coefficient (Wildman–Crippen LogP) is 2.56. The van der Waals surface area contributed by atoms with Gasteiger partial charge in [-0.05, 0) is 49.7 Å². The fourth-order valence-corrected chi connectivity index (χ4v) is 3.03. The first-order valence-corrected chi connectivity index (χ1v) is 8.78. The van der Waals surface area contributed by atoms with Crippen LogP contribution in [0.5, 0.6) is 0 Å². The standard InChI is InChI=1S/C17H21ClN2O3S/c1-2-23-16(22)13-7-9-20(10-8-13)17(24)19-15(21)11-12-3-5-14(18)6-4-12/h3-6,13H,2,7-11H2,1H3,(H,19,21,24). The van der Waals surface area contributed by atoms with Crippen molar-refractivity contribution < 1.29 is 14.3 Å². The fourth-order valence-electron chi connectivity index (χ4n) is 2.61. The minimum Gasteiger partial charge on any atom is -0.466 e. The number of piperidine rings is 1. The maximum absolute atomic E-state index is 12.1. The highest BCUT2D eigenvalue weighted by molar-refractivity contribution is 7.80. The maximum atomic E-state index is 12.1. The first-order chi connectivity index (χ1) is 11.5. The van der Waals surface area contributed by atoms with Crippen molar-refractivity contribution in [1.29, 1.82) is 0 Å². The van der Waals surface area contributed by atoms with Crippen LogP contribution in [-0.4, -0.2) is 41.6 Å². The minimum absolute atomic E-state index is 0.0752. The largest absolute Gasteiger partial charge is 0.466 e. The molecule has 1 heterocycles. The van der Waals surface area contributed by atoms with Crippen LogP contribution in [0.4, 0.5) is 0 Å². The third kappa shape index (κ3) is 5.46. The second kappa shape index (κ2) is 8.99. The highest BCUT2D eigenvalue weighted by Gasteiger charge is 2.27. The Morgan fingerprint density at radius 3 is 2.50 bits per heavy atom. The van der Waals surface area contributed by atoms with Gasteiger partial charge < -0.3 is 15.0 Å². The molecule has 1 fully saturated rings. The lowest BCUT2D eigenvalue weighted by atomic mass is 9.97. The van der Waals surface area contributed by atoms with Crippen molar-refractivity contribution in [1.82, 2.24) is 10.2 Å². The van der Waals surface area contributed by atoms with Crippen LogP contribution in [0.15, 0.2) is 24.3 Å². The number of rotatable bonds is 4. The van der Waals surface area contributed by atoms with Gasteiger partial charge in [0, 0.05) is 18.1 Å². The summed E-state index contributed by atoms with van der Waals surface area (Å²) in [5.74, 6) is -0.376. The molecule has 0 unspecified atom stereocenters. The number of likely N-dealkylation sites (tertiary alicyclic amines) is 1. The van der Waals surface area contributed by atoms with Crippen molar-refractivity contribution in [2.24, 2.45) is 5.92 Å². The Morgan fingerprint density at radius 1 is 1.29 bits per heavy atom. The van der Waals surface area contributed by atoms with E-state index in [1.165, 1.54) is 0 Å². The SMILES string of the molecule is CCOC(=O)C1CCN(C(=S)NC(=O)Cc2ccc(Cl)cc2)CC1. The van der Waals surface area contributed by atoms with E-state index in [2.05, 4.69) is 5.32 Å². The molecule has 1 aromatic rings. The van der Waals surface area contributed by atoms with Crippen LogP contribution >= 0.6 is 23.8 Å². The molecule has 0 saturated carbocycles. The van der Waals surface area contributed by atoms with E-state index in [1.807, 2.05) is 17.0 Å². The minimum atomic E-state index is -0.158. The topological polar surface area (TPSA) is 58.6 Å². The number of halogens is 1. The molecular formula is C17H21ClN2O3S.